The molecule has 1 aromatic heterocycles. The van der Waals surface area contributed by atoms with Gasteiger partial charge in [-0.15, -0.1) is 0 Å². The van der Waals surface area contributed by atoms with Crippen molar-refractivity contribution in [2.24, 2.45) is 0 Å². The van der Waals surface area contributed by atoms with Crippen molar-refractivity contribution in [3.8, 4) is 0 Å². The summed E-state index contributed by atoms with van der Waals surface area (Å²) in [6.45, 7) is 0. The third-order valence-electron chi connectivity index (χ3n) is 0.536. The third-order valence-corrected chi connectivity index (χ3v) is 2.33. The minimum atomic E-state index is 0. The van der Waals surface area contributed by atoms with Gasteiger partial charge in [-0.25, -0.2) is 0 Å². The third kappa shape index (κ3) is 3.70. The van der Waals surface area contributed by atoms with E-state index in [0.717, 1.165) is 0 Å². The monoisotopic (exact) mass is 218 g/mol. The van der Waals surface area contributed by atoms with Crippen LogP contribution in [0.1, 0.15) is 0 Å². The van der Waals surface area contributed by atoms with Gasteiger partial charge in [0.15, 0.2) is 0 Å². The van der Waals surface area contributed by atoms with Crippen LogP contribution in [0.4, 0.5) is 0 Å². The molecule has 30 valence electrons. The zero-order valence-corrected chi connectivity index (χ0v) is 8.63. The molecule has 7 heavy (non-hydrogen) atoms. The minimum absolute atomic E-state index is 0. The molecule has 0 aromatic carbocycles. The van der Waals surface area contributed by atoms with Crippen LogP contribution in [0.5, 0.6) is 0 Å². The molecule has 0 aliphatic heterocycles. The van der Waals surface area contributed by atoms with Crippen LogP contribution in [0.3, 0.4) is 0 Å². The first kappa shape index (κ1) is 8.14. The fraction of sp³-hybridized carbons (Fsp3) is 0. The van der Waals surface area contributed by atoms with Crippen molar-refractivity contribution in [2.75, 3.05) is 0 Å². The molecule has 0 saturated carbocycles. The average molecular weight is 216 g/mol. The molecule has 1 heterocycles. The van der Waals surface area contributed by atoms with Gasteiger partial charge in [0, 0.05) is 0 Å². The van der Waals surface area contributed by atoms with Crippen molar-refractivity contribution >= 4 is 20.4 Å². The van der Waals surface area contributed by atoms with Crippen molar-refractivity contribution < 1.29 is 29.6 Å². The van der Waals surface area contributed by atoms with E-state index in [1.54, 1.807) is 0 Å². The van der Waals surface area contributed by atoms with Crippen LogP contribution in [-0.2, 0) is 0 Å². The zero-order valence-electron chi connectivity index (χ0n) is 4.29. The fourth-order valence-electron chi connectivity index (χ4n) is 0.291. The fourth-order valence-corrected chi connectivity index (χ4v) is 1.59. The Labute approximate surface area is 75.5 Å². The second kappa shape index (κ2) is 5.28. The molecule has 0 spiro atoms. The summed E-state index contributed by atoms with van der Waals surface area (Å²) in [5.74, 6) is 0. The van der Waals surface area contributed by atoms with Gasteiger partial charge in [-0.3, -0.25) is 0 Å². The average Bonchev–Trinajstić information content (AvgIpc) is 1.72. The predicted octanol–water partition coefficient (Wildman–Crippen LogP) is -1.97. The topological polar surface area (TPSA) is 0 Å². The van der Waals surface area contributed by atoms with Crippen molar-refractivity contribution in [3.05, 3.63) is 26.4 Å². The number of hydrogen-bond donors (Lipinski definition) is 0. The summed E-state index contributed by atoms with van der Waals surface area (Å²) >= 11 is 0.180. The van der Waals surface area contributed by atoms with Gasteiger partial charge in [-0.2, -0.15) is 0 Å². The first-order valence-electron chi connectivity index (χ1n) is 1.80. The molecule has 0 atom stereocenters. The normalized spacial score (nSPS) is 6.86. The quantitative estimate of drug-likeness (QED) is 0.441. The van der Waals surface area contributed by atoms with Crippen LogP contribution in [0, 0.1) is 0 Å². The predicted molar refractivity (Wildman–Crippen MR) is 27.8 cm³/mol. The maximum atomic E-state index is 2.26. The molecular weight excluding hydrogens is 211 g/mol. The summed E-state index contributed by atoms with van der Waals surface area (Å²) in [6, 6.07) is 6.29. The van der Waals surface area contributed by atoms with E-state index >= 15 is 0 Å². The molecule has 2 heteroatoms. The van der Waals surface area contributed by atoms with Gasteiger partial charge in [0.2, 0.25) is 0 Å². The summed E-state index contributed by atoms with van der Waals surface area (Å²) in [4.78, 5) is 0. The van der Waals surface area contributed by atoms with E-state index in [-0.39, 0.29) is 50.0 Å². The molecule has 0 unspecified atom stereocenters. The molecule has 0 N–H and O–H groups in total. The van der Waals surface area contributed by atoms with E-state index < -0.39 is 0 Å². The molecule has 0 amide bonds. The molecule has 0 aliphatic carbocycles. The second-order valence-electron chi connectivity index (χ2n) is 0.986. The SMILES string of the molecule is [Na+].c1cc[te+]cc1. The Morgan fingerprint density at radius 1 is 0.857 bits per heavy atom. The standard InChI is InChI=1S/C5H5Te.Na/c1-2-4-6-5-3-1;/h1-5H;/q2*+1. The Morgan fingerprint density at radius 2 is 1.43 bits per heavy atom. The van der Waals surface area contributed by atoms with E-state index in [1.807, 2.05) is 0 Å². The summed E-state index contributed by atoms with van der Waals surface area (Å²) in [6.07, 6.45) is 0. The Kier molecular flexibility index (Phi) is 6.14. The Morgan fingerprint density at radius 3 is 1.57 bits per heavy atom. The summed E-state index contributed by atoms with van der Waals surface area (Å²) in [7, 11) is 0. The summed E-state index contributed by atoms with van der Waals surface area (Å²) in [5, 5.41) is 0. The number of rotatable bonds is 0. The van der Waals surface area contributed by atoms with E-state index in [2.05, 4.69) is 26.4 Å². The Balaban J connectivity index is 0.000000360. The van der Waals surface area contributed by atoms with E-state index in [0.29, 0.717) is 0 Å². The van der Waals surface area contributed by atoms with Gasteiger partial charge in [0.1, 0.15) is 0 Å². The van der Waals surface area contributed by atoms with Crippen molar-refractivity contribution in [1.29, 1.82) is 0 Å². The molecule has 0 fully saturated rings. The van der Waals surface area contributed by atoms with Crippen LogP contribution < -0.4 is 29.6 Å². The Hall–Kier alpha value is 1.14. The van der Waals surface area contributed by atoms with Gasteiger partial charge in [0.05, 0.1) is 0 Å². The Bertz CT molecular complexity index is 80.0. The molecule has 0 saturated heterocycles. The molecule has 0 radical (unpaired) electrons. The van der Waals surface area contributed by atoms with Crippen LogP contribution >= 0.6 is 0 Å². The van der Waals surface area contributed by atoms with Crippen LogP contribution in [0.2, 0.25) is 0 Å². The van der Waals surface area contributed by atoms with Crippen LogP contribution in [0.15, 0.2) is 26.4 Å². The molecule has 0 nitrogen and oxygen atoms in total. The second-order valence-corrected chi connectivity index (χ2v) is 3.32. The first-order chi connectivity index (χ1) is 3.00. The maximum absolute atomic E-state index is 2.26. The molecule has 0 aliphatic rings. The van der Waals surface area contributed by atoms with Gasteiger partial charge < -0.3 is 0 Å². The number of hydrogen-bond acceptors (Lipinski definition) is 0. The first-order valence-corrected chi connectivity index (χ1v) is 4.50. The molecular formula is C5H5NaTe+2. The van der Waals surface area contributed by atoms with Crippen molar-refractivity contribution in [3.63, 3.8) is 0 Å². The van der Waals surface area contributed by atoms with Crippen molar-refractivity contribution in [2.45, 2.75) is 0 Å². The van der Waals surface area contributed by atoms with Gasteiger partial charge >= 0.3 is 76.4 Å². The van der Waals surface area contributed by atoms with Gasteiger partial charge in [0.25, 0.3) is 0 Å². The summed E-state index contributed by atoms with van der Waals surface area (Å²) in [5.41, 5.74) is 0. The van der Waals surface area contributed by atoms with Crippen molar-refractivity contribution in [1.82, 2.24) is 0 Å². The zero-order chi connectivity index (χ0) is 4.24. The molecule has 1 aromatic rings. The van der Waals surface area contributed by atoms with Gasteiger partial charge in [-0.05, 0) is 0 Å². The van der Waals surface area contributed by atoms with Crippen LogP contribution in [-0.4, -0.2) is 20.4 Å². The van der Waals surface area contributed by atoms with Gasteiger partial charge in [-0.1, -0.05) is 0 Å². The molecule has 1 rings (SSSR count). The molecule has 0 bridgehead atoms. The van der Waals surface area contributed by atoms with E-state index in [4.69, 9.17) is 0 Å². The van der Waals surface area contributed by atoms with Crippen LogP contribution in [0.25, 0.3) is 0 Å². The van der Waals surface area contributed by atoms with E-state index in [9.17, 15) is 0 Å². The summed E-state index contributed by atoms with van der Waals surface area (Å²) < 4.78 is 4.51. The van der Waals surface area contributed by atoms with E-state index in [1.165, 1.54) is 0 Å².